The first kappa shape index (κ1) is 6.43. The van der Waals surface area contributed by atoms with Gasteiger partial charge in [-0.15, -0.1) is 0 Å². The Morgan fingerprint density at radius 3 is 2.43 bits per heavy atom. The van der Waals surface area contributed by atoms with Crippen LogP contribution in [0.5, 0.6) is 0 Å². The Labute approximate surface area is 43.1 Å². The molecule has 0 saturated carbocycles. The Kier molecular flexibility index (Phi) is 3.32. The molecule has 0 unspecified atom stereocenters. The van der Waals surface area contributed by atoms with Crippen LogP contribution in [-0.2, 0) is 4.79 Å². The summed E-state index contributed by atoms with van der Waals surface area (Å²) in [5.74, 6) is 0. The van der Waals surface area contributed by atoms with Gasteiger partial charge in [0.1, 0.15) is 6.67 Å². The van der Waals surface area contributed by atoms with Gasteiger partial charge in [-0.25, -0.2) is 0 Å². The largest absolute Gasteiger partial charge is 0.327 e. The smallest absolute Gasteiger partial charge is 0.211 e. The van der Waals surface area contributed by atoms with Crippen molar-refractivity contribution in [3.8, 4) is 0 Å². The third kappa shape index (κ3) is 2.17. The van der Waals surface area contributed by atoms with Gasteiger partial charge < -0.3 is 10.6 Å². The molecule has 0 aromatic heterocycles. The Balaban J connectivity index is 3.16. The van der Waals surface area contributed by atoms with Gasteiger partial charge in [-0.2, -0.15) is 0 Å². The zero-order valence-corrected chi connectivity index (χ0v) is 4.29. The molecule has 0 aromatic carbocycles. The van der Waals surface area contributed by atoms with Crippen molar-refractivity contribution in [2.75, 3.05) is 6.54 Å². The van der Waals surface area contributed by atoms with E-state index in [9.17, 15) is 4.79 Å². The molecule has 7 heavy (non-hydrogen) atoms. The molecule has 0 aromatic rings. The lowest BCUT2D eigenvalue weighted by molar-refractivity contribution is -0.116. The molecule has 0 spiro atoms. The number of hydrogen-bond donors (Lipinski definition) is 1. The van der Waals surface area contributed by atoms with Gasteiger partial charge in [0.25, 0.3) is 0 Å². The van der Waals surface area contributed by atoms with Crippen molar-refractivity contribution in [3.63, 3.8) is 0 Å². The van der Waals surface area contributed by atoms with Crippen LogP contribution < -0.4 is 5.73 Å². The van der Waals surface area contributed by atoms with Crippen LogP contribution in [0.2, 0.25) is 0 Å². The van der Waals surface area contributed by atoms with Crippen LogP contribution in [0.3, 0.4) is 0 Å². The molecule has 3 heteroatoms. The van der Waals surface area contributed by atoms with E-state index in [-0.39, 0.29) is 0 Å². The molecular formula is C4H9N2O. The highest BCUT2D eigenvalue weighted by Crippen LogP contribution is 1.76. The van der Waals surface area contributed by atoms with Crippen LogP contribution in [0, 0.1) is 6.67 Å². The summed E-state index contributed by atoms with van der Waals surface area (Å²) in [6.45, 7) is 3.73. The van der Waals surface area contributed by atoms with Gasteiger partial charge in [0, 0.05) is 6.54 Å². The number of nitrogens with two attached hydrogens (primary N) is 1. The van der Waals surface area contributed by atoms with Crippen molar-refractivity contribution in [2.24, 2.45) is 5.73 Å². The van der Waals surface area contributed by atoms with E-state index in [2.05, 4.69) is 0 Å². The summed E-state index contributed by atoms with van der Waals surface area (Å²) < 4.78 is 0. The maximum absolute atomic E-state index is 9.78. The van der Waals surface area contributed by atoms with Gasteiger partial charge in [-0.1, -0.05) is 0 Å². The summed E-state index contributed by atoms with van der Waals surface area (Å²) in [7, 11) is 0. The highest BCUT2D eigenvalue weighted by atomic mass is 16.1. The molecule has 1 amide bonds. The van der Waals surface area contributed by atoms with E-state index in [1.165, 1.54) is 11.6 Å². The van der Waals surface area contributed by atoms with Gasteiger partial charge in [-0.05, 0) is 6.92 Å². The molecule has 1 radical (unpaired) electrons. The Morgan fingerprint density at radius 1 is 1.86 bits per heavy atom. The van der Waals surface area contributed by atoms with E-state index >= 15 is 0 Å². The zero-order chi connectivity index (χ0) is 5.70. The van der Waals surface area contributed by atoms with Crippen LogP contribution in [0.1, 0.15) is 6.92 Å². The summed E-state index contributed by atoms with van der Waals surface area (Å²) in [4.78, 5) is 11.1. The second-order valence-electron chi connectivity index (χ2n) is 1.08. The van der Waals surface area contributed by atoms with E-state index in [0.29, 0.717) is 13.0 Å². The maximum Gasteiger partial charge on any atom is 0.211 e. The first-order valence-corrected chi connectivity index (χ1v) is 2.11. The fourth-order valence-corrected chi connectivity index (χ4v) is 0.215. The van der Waals surface area contributed by atoms with E-state index in [1.807, 2.05) is 6.92 Å². The lowest BCUT2D eigenvalue weighted by Gasteiger charge is -2.07. The van der Waals surface area contributed by atoms with Crippen LogP contribution >= 0.6 is 0 Å². The lowest BCUT2D eigenvalue weighted by Crippen LogP contribution is -2.22. The van der Waals surface area contributed by atoms with Crippen LogP contribution in [-0.4, -0.2) is 17.9 Å². The predicted octanol–water partition coefficient (Wildman–Crippen LogP) is -0.457. The molecule has 0 saturated heterocycles. The summed E-state index contributed by atoms with van der Waals surface area (Å²) in [6.07, 6.45) is 0.681. The van der Waals surface area contributed by atoms with Crippen molar-refractivity contribution in [1.82, 2.24) is 4.90 Å². The van der Waals surface area contributed by atoms with Crippen molar-refractivity contribution in [3.05, 3.63) is 6.67 Å². The third-order valence-corrected chi connectivity index (χ3v) is 0.692. The first-order valence-electron chi connectivity index (χ1n) is 2.11. The monoisotopic (exact) mass is 101 g/mol. The number of nitrogens with zero attached hydrogens (tertiary/aromatic N) is 1. The maximum atomic E-state index is 9.78. The van der Waals surface area contributed by atoms with E-state index in [1.54, 1.807) is 0 Å². The molecule has 0 aliphatic rings. The van der Waals surface area contributed by atoms with Gasteiger partial charge in [-0.3, -0.25) is 4.79 Å². The highest BCUT2D eigenvalue weighted by Gasteiger charge is 1.88. The SMILES string of the molecule is CCN([CH]N)C=O. The number of rotatable bonds is 3. The normalized spacial score (nSPS) is 8.29. The minimum absolute atomic E-state index is 0.639. The average molecular weight is 101 g/mol. The fourth-order valence-electron chi connectivity index (χ4n) is 0.215. The Morgan fingerprint density at radius 2 is 2.43 bits per heavy atom. The first-order chi connectivity index (χ1) is 3.35. The standard InChI is InChI=1S/C4H9N2O/c1-2-6(3-5)4-7/h3-4H,2,5H2,1H3. The molecule has 0 rings (SSSR count). The quantitative estimate of drug-likeness (QED) is 0.489. The second kappa shape index (κ2) is 3.61. The van der Waals surface area contributed by atoms with E-state index in [0.717, 1.165) is 0 Å². The topological polar surface area (TPSA) is 46.3 Å². The number of carbonyl (C=O) groups is 1. The van der Waals surface area contributed by atoms with Crippen LogP contribution in [0.15, 0.2) is 0 Å². The highest BCUT2D eigenvalue weighted by molar-refractivity contribution is 5.47. The molecule has 0 bridgehead atoms. The lowest BCUT2D eigenvalue weighted by atomic mass is 10.7. The van der Waals surface area contributed by atoms with Crippen molar-refractivity contribution < 1.29 is 4.79 Å². The average Bonchev–Trinajstić information content (AvgIpc) is 1.72. The Hall–Kier alpha value is -0.570. The summed E-state index contributed by atoms with van der Waals surface area (Å²) >= 11 is 0. The van der Waals surface area contributed by atoms with Gasteiger partial charge in [0.15, 0.2) is 0 Å². The molecule has 0 heterocycles. The fraction of sp³-hybridized carbons (Fsp3) is 0.500. The number of hydrogen-bond acceptors (Lipinski definition) is 2. The summed E-state index contributed by atoms with van der Waals surface area (Å²) in [5.41, 5.74) is 4.96. The van der Waals surface area contributed by atoms with E-state index in [4.69, 9.17) is 5.73 Å². The molecule has 41 valence electrons. The third-order valence-electron chi connectivity index (χ3n) is 0.692. The summed E-state index contributed by atoms with van der Waals surface area (Å²) in [6, 6.07) is 0. The molecule has 0 fully saturated rings. The minimum Gasteiger partial charge on any atom is -0.327 e. The number of carbonyl (C=O) groups excluding carboxylic acids is 1. The van der Waals surface area contributed by atoms with E-state index < -0.39 is 0 Å². The molecule has 0 atom stereocenters. The molecule has 0 aliphatic carbocycles. The molecule has 3 nitrogen and oxygen atoms in total. The van der Waals surface area contributed by atoms with Crippen molar-refractivity contribution in [1.29, 1.82) is 0 Å². The second-order valence-corrected chi connectivity index (χ2v) is 1.08. The van der Waals surface area contributed by atoms with Crippen molar-refractivity contribution in [2.45, 2.75) is 6.92 Å². The predicted molar refractivity (Wildman–Crippen MR) is 26.9 cm³/mol. The van der Waals surface area contributed by atoms with Gasteiger partial charge in [0.2, 0.25) is 6.41 Å². The van der Waals surface area contributed by atoms with Crippen molar-refractivity contribution >= 4 is 6.41 Å². The molecule has 2 N–H and O–H groups in total. The van der Waals surface area contributed by atoms with Gasteiger partial charge in [0.05, 0.1) is 0 Å². The molecular weight excluding hydrogens is 92.1 g/mol. The number of amides is 1. The Bertz CT molecular complexity index is 51.7. The molecule has 0 aliphatic heterocycles. The zero-order valence-electron chi connectivity index (χ0n) is 4.29. The van der Waals surface area contributed by atoms with Crippen LogP contribution in [0.4, 0.5) is 0 Å². The summed E-state index contributed by atoms with van der Waals surface area (Å²) in [5, 5.41) is 0. The van der Waals surface area contributed by atoms with Gasteiger partial charge >= 0.3 is 0 Å². The van der Waals surface area contributed by atoms with Crippen LogP contribution in [0.25, 0.3) is 0 Å². The minimum atomic E-state index is 0.639.